The third-order valence-electron chi connectivity index (χ3n) is 5.58. The van der Waals surface area contributed by atoms with Gasteiger partial charge >= 0.3 is 0 Å². The Hall–Kier alpha value is -0.900. The van der Waals surface area contributed by atoms with Gasteiger partial charge in [0.15, 0.2) is 0 Å². The number of thioether (sulfide) groups is 1. The number of rotatable bonds is 3. The minimum atomic E-state index is 0.273. The minimum Gasteiger partial charge on any atom is -0.468 e. The number of nitrogens with zero attached hydrogens (tertiary/aromatic N) is 1. The topological polar surface area (TPSA) is 33.5 Å². The molecule has 1 saturated heterocycles. The maximum absolute atomic E-state index is 12.9. The van der Waals surface area contributed by atoms with Gasteiger partial charge in [0.25, 0.3) is 0 Å². The van der Waals surface area contributed by atoms with Crippen LogP contribution in [0.3, 0.4) is 0 Å². The molecule has 1 amide bonds. The SMILES string of the molecule is CC(C)C1CCC(C(=O)N2CCSC(c3ccco3)CC2)CC1. The van der Waals surface area contributed by atoms with E-state index >= 15 is 0 Å². The average Bonchev–Trinajstić information content (AvgIpc) is 2.99. The first-order chi connectivity index (χ1) is 11.1. The van der Waals surface area contributed by atoms with Crippen LogP contribution in [0, 0.1) is 17.8 Å². The number of hydrogen-bond donors (Lipinski definition) is 0. The molecule has 3 rings (SSSR count). The van der Waals surface area contributed by atoms with Crippen molar-refractivity contribution in [1.82, 2.24) is 4.90 Å². The molecule has 1 atom stereocenters. The first-order valence-corrected chi connectivity index (χ1v) is 10.1. The van der Waals surface area contributed by atoms with Crippen LogP contribution in [0.2, 0.25) is 0 Å². The van der Waals surface area contributed by atoms with Crippen molar-refractivity contribution in [1.29, 1.82) is 0 Å². The lowest BCUT2D eigenvalue weighted by molar-refractivity contribution is -0.136. The fourth-order valence-electron chi connectivity index (χ4n) is 3.98. The van der Waals surface area contributed by atoms with Crippen LogP contribution in [-0.4, -0.2) is 29.6 Å². The molecule has 1 aliphatic heterocycles. The van der Waals surface area contributed by atoms with Gasteiger partial charge in [-0.3, -0.25) is 4.79 Å². The van der Waals surface area contributed by atoms with E-state index in [9.17, 15) is 4.79 Å². The fraction of sp³-hybridized carbons (Fsp3) is 0.737. The van der Waals surface area contributed by atoms with Gasteiger partial charge in [0.05, 0.1) is 11.5 Å². The molecule has 1 saturated carbocycles. The van der Waals surface area contributed by atoms with Crippen molar-refractivity contribution < 1.29 is 9.21 Å². The fourth-order valence-corrected chi connectivity index (χ4v) is 5.16. The molecular formula is C19H29NO2S. The monoisotopic (exact) mass is 335 g/mol. The molecule has 0 radical (unpaired) electrons. The van der Waals surface area contributed by atoms with Gasteiger partial charge in [-0.2, -0.15) is 0 Å². The highest BCUT2D eigenvalue weighted by Gasteiger charge is 2.31. The summed E-state index contributed by atoms with van der Waals surface area (Å²) in [5.41, 5.74) is 0. The van der Waals surface area contributed by atoms with E-state index in [1.807, 2.05) is 17.8 Å². The van der Waals surface area contributed by atoms with Gasteiger partial charge in [0, 0.05) is 24.8 Å². The molecule has 0 N–H and O–H groups in total. The summed E-state index contributed by atoms with van der Waals surface area (Å²) in [6.07, 6.45) is 7.39. The summed E-state index contributed by atoms with van der Waals surface area (Å²) in [5.74, 6) is 4.33. The summed E-state index contributed by atoms with van der Waals surface area (Å²) in [6, 6.07) is 4.01. The molecule has 4 heteroatoms. The highest BCUT2D eigenvalue weighted by molar-refractivity contribution is 7.99. The van der Waals surface area contributed by atoms with E-state index in [0.29, 0.717) is 11.2 Å². The second-order valence-electron chi connectivity index (χ2n) is 7.34. The Kier molecular flexibility index (Phi) is 5.73. The van der Waals surface area contributed by atoms with Gasteiger partial charge in [0.1, 0.15) is 5.76 Å². The van der Waals surface area contributed by atoms with Crippen molar-refractivity contribution in [3.05, 3.63) is 24.2 Å². The molecule has 0 aromatic carbocycles. The van der Waals surface area contributed by atoms with Crippen molar-refractivity contribution in [2.24, 2.45) is 17.8 Å². The van der Waals surface area contributed by atoms with Gasteiger partial charge in [0.2, 0.25) is 5.91 Å². The summed E-state index contributed by atoms with van der Waals surface area (Å²) >= 11 is 1.93. The van der Waals surface area contributed by atoms with E-state index in [0.717, 1.165) is 55.7 Å². The van der Waals surface area contributed by atoms with Crippen LogP contribution in [0.5, 0.6) is 0 Å². The lowest BCUT2D eigenvalue weighted by atomic mass is 9.76. The second-order valence-corrected chi connectivity index (χ2v) is 8.66. The molecule has 1 aliphatic carbocycles. The molecule has 23 heavy (non-hydrogen) atoms. The number of carbonyl (C=O) groups is 1. The first-order valence-electron chi connectivity index (χ1n) is 9.09. The number of amides is 1. The molecule has 128 valence electrons. The Morgan fingerprint density at radius 1 is 1.22 bits per heavy atom. The third-order valence-corrected chi connectivity index (χ3v) is 6.87. The zero-order valence-corrected chi connectivity index (χ0v) is 15.2. The Morgan fingerprint density at radius 2 is 2.00 bits per heavy atom. The second kappa shape index (κ2) is 7.78. The highest BCUT2D eigenvalue weighted by atomic mass is 32.2. The Bertz CT molecular complexity index is 491. The quantitative estimate of drug-likeness (QED) is 0.799. The third kappa shape index (κ3) is 4.14. The van der Waals surface area contributed by atoms with Crippen molar-refractivity contribution in [2.75, 3.05) is 18.8 Å². The first kappa shape index (κ1) is 16.9. The minimum absolute atomic E-state index is 0.273. The van der Waals surface area contributed by atoms with Gasteiger partial charge in [-0.1, -0.05) is 13.8 Å². The van der Waals surface area contributed by atoms with E-state index in [2.05, 4.69) is 24.8 Å². The number of hydrogen-bond acceptors (Lipinski definition) is 3. The number of carbonyl (C=O) groups excluding carboxylic acids is 1. The maximum atomic E-state index is 12.9. The van der Waals surface area contributed by atoms with Gasteiger partial charge in [-0.05, 0) is 56.1 Å². The average molecular weight is 336 g/mol. The van der Waals surface area contributed by atoms with Crippen LogP contribution < -0.4 is 0 Å². The predicted molar refractivity (Wildman–Crippen MR) is 95.4 cm³/mol. The molecule has 0 spiro atoms. The van der Waals surface area contributed by atoms with Crippen LogP contribution in [0.4, 0.5) is 0 Å². The zero-order valence-electron chi connectivity index (χ0n) is 14.4. The van der Waals surface area contributed by atoms with Crippen molar-refractivity contribution in [3.8, 4) is 0 Å². The summed E-state index contributed by atoms with van der Waals surface area (Å²) in [6.45, 7) is 6.40. The maximum Gasteiger partial charge on any atom is 0.225 e. The van der Waals surface area contributed by atoms with Crippen LogP contribution in [0.15, 0.2) is 22.8 Å². The number of furan rings is 1. The van der Waals surface area contributed by atoms with Crippen LogP contribution in [0.25, 0.3) is 0 Å². The Balaban J connectivity index is 1.52. The summed E-state index contributed by atoms with van der Waals surface area (Å²) in [5, 5.41) is 0.402. The molecule has 3 nitrogen and oxygen atoms in total. The lowest BCUT2D eigenvalue weighted by Gasteiger charge is -2.33. The largest absolute Gasteiger partial charge is 0.468 e. The Morgan fingerprint density at radius 3 is 2.65 bits per heavy atom. The molecule has 1 aromatic rings. The molecule has 0 bridgehead atoms. The molecule has 2 aliphatic rings. The molecule has 1 aromatic heterocycles. The molecule has 1 unspecified atom stereocenters. The summed E-state index contributed by atoms with van der Waals surface area (Å²) in [4.78, 5) is 15.0. The molecule has 2 fully saturated rings. The standard InChI is InChI=1S/C19H29NO2S/c1-14(2)15-5-7-16(8-6-15)19(21)20-10-9-18(23-13-11-20)17-4-3-12-22-17/h3-4,12,14-16,18H,5-11,13H2,1-2H3. The van der Waals surface area contributed by atoms with Gasteiger partial charge < -0.3 is 9.32 Å². The van der Waals surface area contributed by atoms with E-state index in [4.69, 9.17) is 4.42 Å². The van der Waals surface area contributed by atoms with E-state index in [1.165, 1.54) is 12.8 Å². The van der Waals surface area contributed by atoms with Gasteiger partial charge in [-0.15, -0.1) is 11.8 Å². The molecular weight excluding hydrogens is 306 g/mol. The molecule has 2 heterocycles. The highest BCUT2D eigenvalue weighted by Crippen LogP contribution is 2.37. The van der Waals surface area contributed by atoms with Gasteiger partial charge in [-0.25, -0.2) is 0 Å². The zero-order chi connectivity index (χ0) is 16.2. The smallest absolute Gasteiger partial charge is 0.225 e. The Labute approximate surface area is 144 Å². The van der Waals surface area contributed by atoms with E-state index < -0.39 is 0 Å². The lowest BCUT2D eigenvalue weighted by Crippen LogP contribution is -2.39. The summed E-state index contributed by atoms with van der Waals surface area (Å²) in [7, 11) is 0. The van der Waals surface area contributed by atoms with Crippen molar-refractivity contribution in [3.63, 3.8) is 0 Å². The van der Waals surface area contributed by atoms with E-state index in [1.54, 1.807) is 6.26 Å². The van der Waals surface area contributed by atoms with Crippen molar-refractivity contribution >= 4 is 17.7 Å². The summed E-state index contributed by atoms with van der Waals surface area (Å²) < 4.78 is 5.55. The predicted octanol–water partition coefficient (Wildman–Crippen LogP) is 4.75. The van der Waals surface area contributed by atoms with Crippen LogP contribution >= 0.6 is 11.8 Å². The van der Waals surface area contributed by atoms with Crippen LogP contribution in [0.1, 0.15) is 57.0 Å². The van der Waals surface area contributed by atoms with Crippen molar-refractivity contribution in [2.45, 2.75) is 51.2 Å². The normalized spacial score (nSPS) is 29.5. The van der Waals surface area contributed by atoms with Crippen LogP contribution in [-0.2, 0) is 4.79 Å². The van der Waals surface area contributed by atoms with E-state index in [-0.39, 0.29) is 5.92 Å².